The fourth-order valence-electron chi connectivity index (χ4n) is 3.83. The van der Waals surface area contributed by atoms with Crippen LogP contribution in [0.3, 0.4) is 0 Å². The predicted molar refractivity (Wildman–Crippen MR) is 122 cm³/mol. The number of likely N-dealkylation sites (tertiary alicyclic amines) is 1. The van der Waals surface area contributed by atoms with Gasteiger partial charge in [0.1, 0.15) is 18.5 Å². The van der Waals surface area contributed by atoms with E-state index in [-0.39, 0.29) is 39.0 Å². The van der Waals surface area contributed by atoms with Gasteiger partial charge in [-0.05, 0) is 34.5 Å². The molecule has 176 valence electrons. The lowest BCUT2D eigenvalue weighted by Gasteiger charge is -2.32. The molecular weight excluding hydrogens is 432 g/mol. The molecule has 0 saturated carbocycles. The second kappa shape index (κ2) is 11.0. The molecule has 0 amide bonds. The molecule has 2 heterocycles. The fourth-order valence-corrected chi connectivity index (χ4v) is 3.83. The van der Waals surface area contributed by atoms with Crippen LogP contribution in [-0.4, -0.2) is 64.8 Å². The molecule has 1 aromatic heterocycles. The minimum Gasteiger partial charge on any atom is -0.491 e. The van der Waals surface area contributed by atoms with Crippen LogP contribution in [0.5, 0.6) is 5.75 Å². The number of aliphatic hydroxyl groups excluding tert-OH is 1. The summed E-state index contributed by atoms with van der Waals surface area (Å²) in [5.74, 6) is -1.98. The molecule has 9 heteroatoms. The highest BCUT2D eigenvalue weighted by Crippen LogP contribution is 2.35. The maximum Gasteiger partial charge on any atom is 0.290 e. The zero-order valence-corrected chi connectivity index (χ0v) is 18.0. The third-order valence-electron chi connectivity index (χ3n) is 5.48. The molecule has 33 heavy (non-hydrogen) atoms. The average molecular weight is 459 g/mol. The number of benzene rings is 2. The van der Waals surface area contributed by atoms with Crippen LogP contribution in [0.25, 0.3) is 21.9 Å². The molecule has 1 saturated heterocycles. The summed E-state index contributed by atoms with van der Waals surface area (Å²) in [5, 5.41) is 19.3. The molecular formula is C24H27F2N3O4. The highest BCUT2D eigenvalue weighted by molar-refractivity contribution is 6.00. The van der Waals surface area contributed by atoms with Gasteiger partial charge in [0, 0.05) is 56.1 Å². The quantitative estimate of drug-likeness (QED) is 0.483. The lowest BCUT2D eigenvalue weighted by molar-refractivity contribution is -0.122. The second-order valence-corrected chi connectivity index (χ2v) is 7.88. The first-order valence-electron chi connectivity index (χ1n) is 10.5. The Morgan fingerprint density at radius 3 is 2.58 bits per heavy atom. The number of alkyl halides is 2. The van der Waals surface area contributed by atoms with Gasteiger partial charge in [-0.25, -0.2) is 8.78 Å². The maximum absolute atomic E-state index is 13.3. The molecule has 0 radical (unpaired) electrons. The molecule has 1 fully saturated rings. The van der Waals surface area contributed by atoms with Crippen molar-refractivity contribution in [1.29, 1.82) is 0 Å². The lowest BCUT2D eigenvalue weighted by Crippen LogP contribution is -2.44. The summed E-state index contributed by atoms with van der Waals surface area (Å²) in [6.45, 7) is 0.703. The highest BCUT2D eigenvalue weighted by atomic mass is 19.3. The van der Waals surface area contributed by atoms with Gasteiger partial charge < -0.3 is 25.6 Å². The number of aromatic nitrogens is 1. The number of fused-ring (bicyclic) bond motifs is 1. The van der Waals surface area contributed by atoms with Gasteiger partial charge in [-0.15, -0.1) is 0 Å². The van der Waals surface area contributed by atoms with Crippen LogP contribution < -0.4 is 10.5 Å². The first kappa shape index (κ1) is 24.3. The Labute approximate surface area is 190 Å². The van der Waals surface area contributed by atoms with E-state index in [9.17, 15) is 13.9 Å². The van der Waals surface area contributed by atoms with Gasteiger partial charge >= 0.3 is 0 Å². The van der Waals surface area contributed by atoms with E-state index >= 15 is 0 Å². The summed E-state index contributed by atoms with van der Waals surface area (Å²) in [5.41, 5.74) is 8.50. The largest absolute Gasteiger partial charge is 0.491 e. The van der Waals surface area contributed by atoms with Gasteiger partial charge in [0.15, 0.2) is 0 Å². The SMILES string of the molecule is Nc1ccncc1-c1cc(OCC(O)CN2CCC(F)(F)CC2)cc2ccccc12.O=CO. The molecule has 1 atom stereocenters. The Morgan fingerprint density at radius 2 is 1.88 bits per heavy atom. The number of hydrogen-bond donors (Lipinski definition) is 3. The van der Waals surface area contributed by atoms with Crippen LogP contribution in [-0.2, 0) is 4.79 Å². The number of hydrogen-bond acceptors (Lipinski definition) is 6. The van der Waals surface area contributed by atoms with Crippen molar-refractivity contribution >= 4 is 22.9 Å². The number of nitrogen functional groups attached to an aromatic ring is 1. The molecule has 4 rings (SSSR count). The first-order chi connectivity index (χ1) is 15.8. The Hall–Kier alpha value is -3.30. The van der Waals surface area contributed by atoms with Gasteiger partial charge in [0.05, 0.1) is 0 Å². The minimum absolute atomic E-state index is 0.0766. The number of piperidine rings is 1. The molecule has 1 aliphatic rings. The molecule has 7 nitrogen and oxygen atoms in total. The maximum atomic E-state index is 13.3. The number of carbonyl (C=O) groups is 1. The van der Waals surface area contributed by atoms with Crippen LogP contribution in [0.15, 0.2) is 54.9 Å². The van der Waals surface area contributed by atoms with Gasteiger partial charge in [-0.1, -0.05) is 24.3 Å². The van der Waals surface area contributed by atoms with E-state index in [1.54, 1.807) is 18.5 Å². The highest BCUT2D eigenvalue weighted by Gasteiger charge is 2.34. The standard InChI is InChI=1S/C23H25F2N3O2.CH2O2/c24-23(25)6-9-28(10-7-23)14-17(29)15-30-18-11-16-3-1-2-4-19(16)20(12-18)21-13-27-8-5-22(21)26;2-1-3/h1-5,8,11-13,17,29H,6-7,9-10,14-15H2,(H2,26,27);1H,(H,2,3). The zero-order chi connectivity index (χ0) is 23.8. The number of carboxylic acid groups (broad SMARTS) is 1. The van der Waals surface area contributed by atoms with Gasteiger partial charge in [0.25, 0.3) is 12.4 Å². The summed E-state index contributed by atoms with van der Waals surface area (Å²) in [4.78, 5) is 14.4. The molecule has 0 spiro atoms. The normalized spacial score (nSPS) is 16.5. The molecule has 4 N–H and O–H groups in total. The summed E-state index contributed by atoms with van der Waals surface area (Å²) < 4.78 is 32.5. The van der Waals surface area contributed by atoms with Crippen molar-refractivity contribution < 1.29 is 28.5 Å². The molecule has 1 aliphatic heterocycles. The zero-order valence-electron chi connectivity index (χ0n) is 18.0. The van der Waals surface area contributed by atoms with E-state index in [4.69, 9.17) is 20.4 Å². The molecule has 2 aromatic carbocycles. The third kappa shape index (κ3) is 6.59. The summed E-state index contributed by atoms with van der Waals surface area (Å²) in [6, 6.07) is 13.5. The van der Waals surface area contributed by atoms with Crippen molar-refractivity contribution in [2.75, 3.05) is 32.0 Å². The van der Waals surface area contributed by atoms with Crippen LogP contribution in [0, 0.1) is 0 Å². The topological polar surface area (TPSA) is 109 Å². The summed E-state index contributed by atoms with van der Waals surface area (Å²) in [6.07, 6.45) is 2.27. The number of halogens is 2. The van der Waals surface area contributed by atoms with Crippen LogP contribution >= 0.6 is 0 Å². The Morgan fingerprint density at radius 1 is 1.18 bits per heavy atom. The predicted octanol–water partition coefficient (Wildman–Crippen LogP) is 3.66. The van der Waals surface area contributed by atoms with Crippen molar-refractivity contribution in [2.45, 2.75) is 24.9 Å². The minimum atomic E-state index is -2.59. The van der Waals surface area contributed by atoms with Crippen molar-refractivity contribution in [3.05, 3.63) is 54.9 Å². The summed E-state index contributed by atoms with van der Waals surface area (Å²) in [7, 11) is 0. The Balaban J connectivity index is 0.000000968. The van der Waals surface area contributed by atoms with E-state index < -0.39 is 12.0 Å². The number of nitrogens with two attached hydrogens (primary N) is 1. The number of β-amino-alcohol motifs (C(OH)–C–C–N with tert-alkyl or cyclic N) is 1. The van der Waals surface area contributed by atoms with Crippen molar-refractivity contribution in [3.8, 4) is 16.9 Å². The number of pyridine rings is 1. The number of ether oxygens (including phenoxy) is 1. The third-order valence-corrected chi connectivity index (χ3v) is 5.48. The van der Waals surface area contributed by atoms with Crippen molar-refractivity contribution in [1.82, 2.24) is 9.88 Å². The molecule has 1 unspecified atom stereocenters. The Kier molecular flexibility index (Phi) is 8.13. The summed E-state index contributed by atoms with van der Waals surface area (Å²) >= 11 is 0. The van der Waals surface area contributed by atoms with E-state index in [1.165, 1.54) is 0 Å². The van der Waals surface area contributed by atoms with E-state index in [0.29, 0.717) is 18.0 Å². The van der Waals surface area contributed by atoms with Crippen molar-refractivity contribution in [3.63, 3.8) is 0 Å². The fraction of sp³-hybridized carbons (Fsp3) is 0.333. The monoisotopic (exact) mass is 459 g/mol. The molecule has 0 aliphatic carbocycles. The molecule has 3 aromatic rings. The van der Waals surface area contributed by atoms with E-state index in [0.717, 1.165) is 21.9 Å². The van der Waals surface area contributed by atoms with Gasteiger partial charge in [0.2, 0.25) is 0 Å². The van der Waals surface area contributed by atoms with Gasteiger partial charge in [-0.2, -0.15) is 0 Å². The number of aliphatic hydroxyl groups is 1. The van der Waals surface area contributed by atoms with E-state index in [1.807, 2.05) is 41.3 Å². The van der Waals surface area contributed by atoms with Crippen molar-refractivity contribution in [2.24, 2.45) is 0 Å². The number of rotatable bonds is 6. The molecule has 0 bridgehead atoms. The smallest absolute Gasteiger partial charge is 0.290 e. The van der Waals surface area contributed by atoms with Crippen LogP contribution in [0.2, 0.25) is 0 Å². The van der Waals surface area contributed by atoms with Crippen LogP contribution in [0.4, 0.5) is 14.5 Å². The van der Waals surface area contributed by atoms with E-state index in [2.05, 4.69) is 4.98 Å². The number of nitrogens with zero attached hydrogens (tertiary/aromatic N) is 2. The average Bonchev–Trinajstić information content (AvgIpc) is 2.79. The first-order valence-corrected chi connectivity index (χ1v) is 10.5. The lowest BCUT2D eigenvalue weighted by atomic mass is 9.98. The van der Waals surface area contributed by atoms with Gasteiger partial charge in [-0.3, -0.25) is 9.78 Å². The second-order valence-electron chi connectivity index (χ2n) is 7.88. The van der Waals surface area contributed by atoms with Crippen LogP contribution in [0.1, 0.15) is 12.8 Å². The number of anilines is 1. The Bertz CT molecular complexity index is 1070.